The van der Waals surface area contributed by atoms with Crippen LogP contribution in [0, 0.1) is 5.92 Å². The van der Waals surface area contributed by atoms with Gasteiger partial charge in [-0.15, -0.1) is 0 Å². The molecule has 2 aliphatic heterocycles. The van der Waals surface area contributed by atoms with Crippen molar-refractivity contribution in [3.05, 3.63) is 58.6 Å². The molecular formula is C26H27ClN4O6. The molecule has 3 N–H and O–H groups in total. The van der Waals surface area contributed by atoms with Crippen molar-refractivity contribution in [3.63, 3.8) is 0 Å². The number of anilines is 2. The largest absolute Gasteiger partial charge is 0.465 e. The molecule has 1 aliphatic carbocycles. The number of carboxylic acid groups (broad SMARTS) is 1. The zero-order valence-corrected chi connectivity index (χ0v) is 21.0. The fraction of sp³-hybridized carbons (Fsp3) is 0.385. The summed E-state index contributed by atoms with van der Waals surface area (Å²) in [6, 6.07) is 10.6. The first-order chi connectivity index (χ1) is 17.6. The summed E-state index contributed by atoms with van der Waals surface area (Å²) in [5, 5.41) is 15.2. The molecule has 1 spiro atoms. The average molecular weight is 527 g/mol. The zero-order chi connectivity index (χ0) is 26.3. The highest BCUT2D eigenvalue weighted by atomic mass is 35.5. The van der Waals surface area contributed by atoms with Gasteiger partial charge in [0.15, 0.2) is 5.60 Å². The summed E-state index contributed by atoms with van der Waals surface area (Å²) >= 11 is 6.22. The molecule has 2 atom stereocenters. The number of nitrogens with zero attached hydrogens (tertiary/aromatic N) is 2. The lowest BCUT2D eigenvalue weighted by Gasteiger charge is -2.35. The smallest absolute Gasteiger partial charge is 0.412 e. The van der Waals surface area contributed by atoms with Crippen molar-refractivity contribution >= 4 is 47.0 Å². The van der Waals surface area contributed by atoms with Crippen molar-refractivity contribution in [1.82, 2.24) is 10.2 Å². The first-order valence-electron chi connectivity index (χ1n) is 12.1. The predicted octanol–water partition coefficient (Wildman–Crippen LogP) is 4.04. The van der Waals surface area contributed by atoms with Gasteiger partial charge in [0.25, 0.3) is 5.91 Å². The number of likely N-dealkylation sites (tertiary alicyclic amines) is 1. The third-order valence-corrected chi connectivity index (χ3v) is 7.45. The Balaban J connectivity index is 1.32. The van der Waals surface area contributed by atoms with Crippen molar-refractivity contribution in [2.24, 2.45) is 5.92 Å². The topological polar surface area (TPSA) is 128 Å². The highest BCUT2D eigenvalue weighted by molar-refractivity contribution is 6.30. The van der Waals surface area contributed by atoms with E-state index >= 15 is 0 Å². The number of carbonyl (C=O) groups excluding carboxylic acids is 3. The second kappa shape index (κ2) is 9.59. The molecule has 37 heavy (non-hydrogen) atoms. The Bertz CT molecular complexity index is 1260. The molecule has 0 aromatic heterocycles. The van der Waals surface area contributed by atoms with Crippen LogP contribution in [0.25, 0.3) is 0 Å². The van der Waals surface area contributed by atoms with Crippen LogP contribution in [0.15, 0.2) is 42.5 Å². The van der Waals surface area contributed by atoms with E-state index in [1.807, 2.05) is 0 Å². The van der Waals surface area contributed by atoms with Gasteiger partial charge in [0.1, 0.15) is 6.04 Å². The summed E-state index contributed by atoms with van der Waals surface area (Å²) in [5.41, 5.74) is 1.08. The Hall–Kier alpha value is -3.79. The first kappa shape index (κ1) is 24.9. The molecule has 0 unspecified atom stereocenters. The van der Waals surface area contributed by atoms with Crippen molar-refractivity contribution in [1.29, 1.82) is 0 Å². The molecule has 3 aliphatic rings. The quantitative estimate of drug-likeness (QED) is 0.521. The molecule has 0 bridgehead atoms. The van der Waals surface area contributed by atoms with E-state index in [-0.39, 0.29) is 12.5 Å². The first-order valence-corrected chi connectivity index (χ1v) is 12.5. The summed E-state index contributed by atoms with van der Waals surface area (Å²) in [5.74, 6) is -0.269. The summed E-state index contributed by atoms with van der Waals surface area (Å²) < 4.78 is 5.73. The monoisotopic (exact) mass is 526 g/mol. The van der Waals surface area contributed by atoms with Crippen molar-refractivity contribution in [2.75, 3.05) is 30.4 Å². The number of hydrogen-bond acceptors (Lipinski definition) is 5. The number of amides is 4. The highest BCUT2D eigenvalue weighted by Crippen LogP contribution is 2.44. The van der Waals surface area contributed by atoms with Gasteiger partial charge in [0, 0.05) is 41.9 Å². The van der Waals surface area contributed by atoms with E-state index in [2.05, 4.69) is 10.6 Å². The number of carbonyl (C=O) groups is 4. The molecule has 4 amide bonds. The molecule has 11 heteroatoms. The summed E-state index contributed by atoms with van der Waals surface area (Å²) in [6.45, 7) is 0.533. The third kappa shape index (κ3) is 5.06. The molecular weight excluding hydrogens is 500 g/mol. The minimum atomic E-state index is -1.11. The van der Waals surface area contributed by atoms with Gasteiger partial charge in [-0.25, -0.2) is 9.59 Å². The predicted molar refractivity (Wildman–Crippen MR) is 136 cm³/mol. The van der Waals surface area contributed by atoms with E-state index in [4.69, 9.17) is 21.4 Å². The van der Waals surface area contributed by atoms with Crippen LogP contribution >= 0.6 is 11.6 Å². The molecule has 2 aromatic carbocycles. The maximum absolute atomic E-state index is 13.6. The van der Waals surface area contributed by atoms with Crippen LogP contribution in [0.2, 0.25) is 5.02 Å². The minimum absolute atomic E-state index is 0.167. The van der Waals surface area contributed by atoms with Crippen molar-refractivity contribution in [2.45, 2.75) is 37.3 Å². The molecule has 194 valence electrons. The molecule has 1 saturated heterocycles. The second-order valence-corrected chi connectivity index (χ2v) is 10.2. The Morgan fingerprint density at radius 1 is 1.24 bits per heavy atom. The van der Waals surface area contributed by atoms with E-state index in [1.165, 1.54) is 19.2 Å². The molecule has 2 fully saturated rings. The van der Waals surface area contributed by atoms with Gasteiger partial charge in [-0.2, -0.15) is 0 Å². The standard InChI is InChI=1S/C26H27ClN4O6/c1-30(25(35)36)18-7-4-16(5-8-18)22(32)28-21(12-15-2-3-15)23(33)31-11-10-26(14-31)19-13-17(27)6-9-20(19)29-24(34)37-26/h4-9,13,15,21H,2-3,10-12,14H2,1H3,(H,28,32)(H,29,34)(H,35,36)/t21-,26-/m0/s1. The highest BCUT2D eigenvalue weighted by Gasteiger charge is 2.49. The SMILES string of the molecule is CN(C(=O)O)c1ccc(C(=O)N[C@@H](CC2CC2)C(=O)N2CC[C@@]3(C2)OC(=O)Nc2ccc(Cl)cc23)cc1. The van der Waals surface area contributed by atoms with Gasteiger partial charge in [0.05, 0.1) is 12.2 Å². The van der Waals surface area contributed by atoms with Gasteiger partial charge in [-0.1, -0.05) is 24.4 Å². The van der Waals surface area contributed by atoms with Gasteiger partial charge < -0.3 is 20.1 Å². The lowest BCUT2D eigenvalue weighted by Crippen LogP contribution is -2.50. The fourth-order valence-electron chi connectivity index (χ4n) is 4.96. The average Bonchev–Trinajstić information content (AvgIpc) is 3.60. The van der Waals surface area contributed by atoms with E-state index in [0.717, 1.165) is 23.3 Å². The van der Waals surface area contributed by atoms with Crippen molar-refractivity contribution < 1.29 is 29.0 Å². The Morgan fingerprint density at radius 2 is 1.97 bits per heavy atom. The van der Waals surface area contributed by atoms with E-state index in [1.54, 1.807) is 35.2 Å². The molecule has 5 rings (SSSR count). The fourth-order valence-corrected chi connectivity index (χ4v) is 5.13. The van der Waals surface area contributed by atoms with Gasteiger partial charge in [0.2, 0.25) is 5.91 Å². The Labute approximate surface area is 218 Å². The van der Waals surface area contributed by atoms with E-state index in [9.17, 15) is 19.2 Å². The number of benzene rings is 2. The lowest BCUT2D eigenvalue weighted by atomic mass is 9.90. The Kier molecular flexibility index (Phi) is 6.45. The van der Waals surface area contributed by atoms with Crippen molar-refractivity contribution in [3.8, 4) is 0 Å². The van der Waals surface area contributed by atoms with Crippen LogP contribution in [0.3, 0.4) is 0 Å². The number of nitrogens with one attached hydrogen (secondary N) is 2. The van der Waals surface area contributed by atoms with Crippen LogP contribution in [0.5, 0.6) is 0 Å². The van der Waals surface area contributed by atoms with Crippen LogP contribution in [0.4, 0.5) is 21.0 Å². The Morgan fingerprint density at radius 3 is 2.65 bits per heavy atom. The third-order valence-electron chi connectivity index (χ3n) is 7.21. The summed E-state index contributed by atoms with van der Waals surface area (Å²) in [7, 11) is 1.41. The van der Waals surface area contributed by atoms with E-state index in [0.29, 0.717) is 47.3 Å². The van der Waals surface area contributed by atoms with Gasteiger partial charge in [-0.3, -0.25) is 19.8 Å². The maximum Gasteiger partial charge on any atom is 0.412 e. The molecule has 2 aromatic rings. The second-order valence-electron chi connectivity index (χ2n) is 9.80. The van der Waals surface area contributed by atoms with Crippen LogP contribution < -0.4 is 15.5 Å². The number of hydrogen-bond donors (Lipinski definition) is 3. The summed E-state index contributed by atoms with van der Waals surface area (Å²) in [4.78, 5) is 52.8. The number of ether oxygens (including phenoxy) is 1. The normalized spacial score (nSPS) is 21.0. The van der Waals surface area contributed by atoms with Crippen LogP contribution in [-0.4, -0.2) is 60.2 Å². The minimum Gasteiger partial charge on any atom is -0.465 e. The van der Waals surface area contributed by atoms with E-state index < -0.39 is 29.7 Å². The number of rotatable bonds is 6. The van der Waals surface area contributed by atoms with Gasteiger partial charge >= 0.3 is 12.2 Å². The number of halogens is 1. The maximum atomic E-state index is 13.6. The van der Waals surface area contributed by atoms with Crippen LogP contribution in [-0.2, 0) is 15.1 Å². The molecule has 1 saturated carbocycles. The molecule has 2 heterocycles. The number of fused-ring (bicyclic) bond motifs is 2. The van der Waals surface area contributed by atoms with Gasteiger partial charge in [-0.05, 0) is 54.8 Å². The lowest BCUT2D eigenvalue weighted by molar-refractivity contribution is -0.133. The molecule has 0 radical (unpaired) electrons. The van der Waals surface area contributed by atoms with Crippen LogP contribution in [0.1, 0.15) is 41.6 Å². The zero-order valence-electron chi connectivity index (χ0n) is 20.2. The molecule has 10 nitrogen and oxygen atoms in total. The summed E-state index contributed by atoms with van der Waals surface area (Å²) in [6.07, 6.45) is 1.27.